The monoisotopic (exact) mass is 322 g/mol. The van der Waals surface area contributed by atoms with Crippen molar-refractivity contribution < 1.29 is 9.18 Å². The highest BCUT2D eigenvalue weighted by molar-refractivity contribution is 9.10. The Kier molecular flexibility index (Phi) is 4.52. The molecule has 0 radical (unpaired) electrons. The van der Waals surface area contributed by atoms with Gasteiger partial charge in [-0.1, -0.05) is 34.1 Å². The van der Waals surface area contributed by atoms with Crippen LogP contribution in [0.1, 0.15) is 5.56 Å². The van der Waals surface area contributed by atoms with E-state index in [-0.39, 0.29) is 11.8 Å². The predicted molar refractivity (Wildman–Crippen MR) is 76.4 cm³/mol. The summed E-state index contributed by atoms with van der Waals surface area (Å²) in [7, 11) is 0. The summed E-state index contributed by atoms with van der Waals surface area (Å²) in [6.45, 7) is 0.411. The van der Waals surface area contributed by atoms with Crippen LogP contribution in [-0.4, -0.2) is 6.03 Å². The van der Waals surface area contributed by atoms with Crippen molar-refractivity contribution in [2.24, 2.45) is 0 Å². The zero-order valence-corrected chi connectivity index (χ0v) is 11.6. The lowest BCUT2D eigenvalue weighted by atomic mass is 10.2. The number of urea groups is 1. The average molecular weight is 323 g/mol. The Bertz CT molecular complexity index is 572. The van der Waals surface area contributed by atoms with Crippen molar-refractivity contribution in [2.45, 2.75) is 6.54 Å². The summed E-state index contributed by atoms with van der Waals surface area (Å²) in [5.41, 5.74) is 1.41. The van der Waals surface area contributed by atoms with Crippen molar-refractivity contribution in [2.75, 3.05) is 5.32 Å². The van der Waals surface area contributed by atoms with Crippen LogP contribution in [0.25, 0.3) is 0 Å². The number of nitrogens with one attached hydrogen (secondary N) is 2. The number of amides is 2. The number of carbonyl (C=O) groups is 1. The number of benzene rings is 2. The van der Waals surface area contributed by atoms with Gasteiger partial charge in [-0.2, -0.15) is 0 Å². The molecule has 0 aromatic heterocycles. The van der Waals surface area contributed by atoms with Crippen LogP contribution in [0.4, 0.5) is 14.9 Å². The molecule has 0 aliphatic carbocycles. The van der Waals surface area contributed by atoms with E-state index in [2.05, 4.69) is 26.6 Å². The molecule has 0 bridgehead atoms. The minimum absolute atomic E-state index is 0.367. The first-order valence-electron chi connectivity index (χ1n) is 5.68. The van der Waals surface area contributed by atoms with E-state index in [1.165, 1.54) is 12.1 Å². The van der Waals surface area contributed by atoms with Gasteiger partial charge in [0.05, 0.1) is 0 Å². The van der Waals surface area contributed by atoms with Crippen LogP contribution in [0.2, 0.25) is 0 Å². The van der Waals surface area contributed by atoms with Crippen LogP contribution in [-0.2, 0) is 6.54 Å². The van der Waals surface area contributed by atoms with Gasteiger partial charge >= 0.3 is 6.03 Å². The lowest BCUT2D eigenvalue weighted by Gasteiger charge is -2.07. The molecule has 2 amide bonds. The lowest BCUT2D eigenvalue weighted by molar-refractivity contribution is 0.251. The summed E-state index contributed by atoms with van der Waals surface area (Å²) in [6.07, 6.45) is 0. The van der Waals surface area contributed by atoms with Gasteiger partial charge in [0.15, 0.2) is 0 Å². The molecule has 0 atom stereocenters. The minimum atomic E-state index is -0.384. The molecule has 19 heavy (non-hydrogen) atoms. The summed E-state index contributed by atoms with van der Waals surface area (Å²) in [5.74, 6) is -0.384. The fourth-order valence-corrected chi connectivity index (χ4v) is 1.79. The molecule has 2 N–H and O–H groups in total. The van der Waals surface area contributed by atoms with E-state index in [0.29, 0.717) is 12.2 Å². The fraction of sp³-hybridized carbons (Fsp3) is 0.0714. The van der Waals surface area contributed by atoms with Gasteiger partial charge in [-0.3, -0.25) is 0 Å². The van der Waals surface area contributed by atoms with Crippen molar-refractivity contribution in [1.29, 1.82) is 0 Å². The topological polar surface area (TPSA) is 41.1 Å². The molecule has 2 rings (SSSR count). The molecule has 0 unspecified atom stereocenters. The van der Waals surface area contributed by atoms with Gasteiger partial charge in [0, 0.05) is 16.7 Å². The number of carbonyl (C=O) groups excluding carboxylic acids is 1. The van der Waals surface area contributed by atoms with Crippen molar-refractivity contribution in [3.63, 3.8) is 0 Å². The van der Waals surface area contributed by atoms with E-state index < -0.39 is 0 Å². The summed E-state index contributed by atoms with van der Waals surface area (Å²) in [6, 6.07) is 13.0. The standard InChI is InChI=1S/C14H12BrFN2O/c15-11-6-4-10(5-7-11)9-17-14(19)18-13-3-1-2-12(16)8-13/h1-8H,9H2,(H2,17,18,19). The molecule has 0 aliphatic rings. The zero-order chi connectivity index (χ0) is 13.7. The Labute approximate surface area is 119 Å². The highest BCUT2D eigenvalue weighted by Gasteiger charge is 2.02. The third kappa shape index (κ3) is 4.37. The lowest BCUT2D eigenvalue weighted by Crippen LogP contribution is -2.28. The molecule has 0 saturated heterocycles. The van der Waals surface area contributed by atoms with Crippen LogP contribution >= 0.6 is 15.9 Å². The van der Waals surface area contributed by atoms with Crippen LogP contribution < -0.4 is 10.6 Å². The number of hydrogen-bond donors (Lipinski definition) is 2. The van der Waals surface area contributed by atoms with Crippen molar-refractivity contribution >= 4 is 27.6 Å². The van der Waals surface area contributed by atoms with Crippen LogP contribution in [0.3, 0.4) is 0 Å². The number of anilines is 1. The Morgan fingerprint density at radius 2 is 1.89 bits per heavy atom. The van der Waals surface area contributed by atoms with Crippen molar-refractivity contribution in [3.8, 4) is 0 Å². The first-order chi connectivity index (χ1) is 9.13. The minimum Gasteiger partial charge on any atom is -0.334 e. The molecule has 0 heterocycles. The molecule has 98 valence electrons. The Balaban J connectivity index is 1.86. The third-order valence-electron chi connectivity index (χ3n) is 2.45. The van der Waals surface area contributed by atoms with E-state index in [4.69, 9.17) is 0 Å². The first-order valence-corrected chi connectivity index (χ1v) is 6.47. The number of hydrogen-bond acceptors (Lipinski definition) is 1. The smallest absolute Gasteiger partial charge is 0.319 e. The second kappa shape index (κ2) is 6.33. The maximum Gasteiger partial charge on any atom is 0.319 e. The number of rotatable bonds is 3. The molecular formula is C14H12BrFN2O. The average Bonchev–Trinajstić information content (AvgIpc) is 2.38. The Hall–Kier alpha value is -1.88. The largest absolute Gasteiger partial charge is 0.334 e. The summed E-state index contributed by atoms with van der Waals surface area (Å²) in [4.78, 5) is 11.6. The second-order valence-corrected chi connectivity index (χ2v) is 4.86. The highest BCUT2D eigenvalue weighted by atomic mass is 79.9. The maximum absolute atomic E-state index is 12.9. The molecule has 0 saturated carbocycles. The molecule has 2 aromatic rings. The normalized spacial score (nSPS) is 10.0. The Morgan fingerprint density at radius 1 is 1.16 bits per heavy atom. The van der Waals surface area contributed by atoms with Gasteiger partial charge in [-0.15, -0.1) is 0 Å². The summed E-state index contributed by atoms with van der Waals surface area (Å²) >= 11 is 3.34. The van der Waals surface area contributed by atoms with Crippen molar-refractivity contribution in [1.82, 2.24) is 5.32 Å². The highest BCUT2D eigenvalue weighted by Crippen LogP contribution is 2.11. The summed E-state index contributed by atoms with van der Waals surface area (Å²) < 4.78 is 13.9. The van der Waals surface area contributed by atoms with E-state index in [9.17, 15) is 9.18 Å². The molecule has 0 fully saturated rings. The Morgan fingerprint density at radius 3 is 2.58 bits per heavy atom. The molecule has 0 aliphatic heterocycles. The first kappa shape index (κ1) is 13.5. The molecular weight excluding hydrogens is 311 g/mol. The van der Waals surface area contributed by atoms with Crippen LogP contribution in [0.15, 0.2) is 53.0 Å². The van der Waals surface area contributed by atoms with Crippen LogP contribution in [0.5, 0.6) is 0 Å². The maximum atomic E-state index is 12.9. The fourth-order valence-electron chi connectivity index (χ4n) is 1.53. The quantitative estimate of drug-likeness (QED) is 0.883. The van der Waals surface area contributed by atoms with Crippen molar-refractivity contribution in [3.05, 3.63) is 64.4 Å². The molecule has 2 aromatic carbocycles. The van der Waals surface area contributed by atoms with E-state index in [1.54, 1.807) is 12.1 Å². The van der Waals surface area contributed by atoms with Gasteiger partial charge in [-0.25, -0.2) is 9.18 Å². The van der Waals surface area contributed by atoms with Gasteiger partial charge in [0.2, 0.25) is 0 Å². The van der Waals surface area contributed by atoms with Gasteiger partial charge in [0.1, 0.15) is 5.82 Å². The summed E-state index contributed by atoms with van der Waals surface area (Å²) in [5, 5.41) is 5.26. The SMILES string of the molecule is O=C(NCc1ccc(Br)cc1)Nc1cccc(F)c1. The van der Waals surface area contributed by atoms with Gasteiger partial charge < -0.3 is 10.6 Å². The third-order valence-corrected chi connectivity index (χ3v) is 2.98. The van der Waals surface area contributed by atoms with E-state index in [0.717, 1.165) is 10.0 Å². The van der Waals surface area contributed by atoms with E-state index in [1.807, 2.05) is 24.3 Å². The van der Waals surface area contributed by atoms with E-state index >= 15 is 0 Å². The second-order valence-electron chi connectivity index (χ2n) is 3.94. The predicted octanol–water partition coefficient (Wildman–Crippen LogP) is 3.91. The number of halogens is 2. The molecule has 3 nitrogen and oxygen atoms in total. The zero-order valence-electron chi connectivity index (χ0n) is 9.99. The van der Waals surface area contributed by atoms with Gasteiger partial charge in [0.25, 0.3) is 0 Å². The van der Waals surface area contributed by atoms with Crippen LogP contribution in [0, 0.1) is 5.82 Å². The van der Waals surface area contributed by atoms with Gasteiger partial charge in [-0.05, 0) is 35.9 Å². The molecule has 5 heteroatoms. The molecule has 0 spiro atoms.